The molecular weight excluding hydrogens is 347 g/mol. The number of carbonyl (C=O) groups excluding carboxylic acids is 1. The van der Waals surface area contributed by atoms with Gasteiger partial charge in [-0.1, -0.05) is 41.3 Å². The third-order valence-corrected chi connectivity index (χ3v) is 5.13. The van der Waals surface area contributed by atoms with Gasteiger partial charge in [0.25, 0.3) is 5.91 Å². The van der Waals surface area contributed by atoms with E-state index in [4.69, 9.17) is 0 Å². The molecule has 4 rings (SSSR count). The Labute approximate surface area is 144 Å². The highest BCUT2D eigenvalue weighted by atomic mass is 32.2. The molecule has 0 radical (unpaired) electrons. The summed E-state index contributed by atoms with van der Waals surface area (Å²) in [6.45, 7) is 0. The fourth-order valence-corrected chi connectivity index (χ4v) is 3.92. The van der Waals surface area contributed by atoms with E-state index < -0.39 is 5.82 Å². The Morgan fingerprint density at radius 3 is 2.79 bits per heavy atom. The molecule has 0 atom stereocenters. The summed E-state index contributed by atoms with van der Waals surface area (Å²) in [6, 6.07) is 13.9. The number of hydrogen-bond donors (Lipinski definition) is 1. The summed E-state index contributed by atoms with van der Waals surface area (Å²) >= 11 is 2.75. The summed E-state index contributed by atoms with van der Waals surface area (Å²) in [4.78, 5) is 17.3. The molecule has 0 aliphatic carbocycles. The van der Waals surface area contributed by atoms with Gasteiger partial charge in [-0.2, -0.15) is 0 Å². The van der Waals surface area contributed by atoms with Crippen LogP contribution >= 0.6 is 23.1 Å². The van der Waals surface area contributed by atoms with E-state index in [0.29, 0.717) is 16.4 Å². The number of anilines is 1. The quantitative estimate of drug-likeness (QED) is 0.773. The number of aromatic nitrogens is 2. The molecule has 3 aromatic rings. The average molecular weight is 356 g/mol. The number of carbonyl (C=O) groups is 1. The molecule has 0 spiro atoms. The first-order valence-corrected chi connectivity index (χ1v) is 8.59. The number of aliphatic imine (C=N–C) groups is 1. The number of benzene rings is 2. The Hall–Kier alpha value is -2.58. The van der Waals surface area contributed by atoms with E-state index in [0.717, 1.165) is 9.24 Å². The summed E-state index contributed by atoms with van der Waals surface area (Å²) in [5, 5.41) is 11.1. The lowest BCUT2D eigenvalue weighted by molar-refractivity contribution is -0.110. The van der Waals surface area contributed by atoms with E-state index in [1.165, 1.54) is 41.3 Å². The maximum atomic E-state index is 13.4. The predicted octanol–water partition coefficient (Wildman–Crippen LogP) is 3.90. The molecular formula is C16H9FN4OS2. The molecule has 0 unspecified atom stereocenters. The monoisotopic (exact) mass is 356 g/mol. The lowest BCUT2D eigenvalue weighted by Crippen LogP contribution is -2.13. The molecule has 1 aliphatic rings. The molecule has 1 aromatic heterocycles. The van der Waals surface area contributed by atoms with Gasteiger partial charge < -0.3 is 5.32 Å². The zero-order valence-corrected chi connectivity index (χ0v) is 13.7. The molecule has 1 aliphatic heterocycles. The van der Waals surface area contributed by atoms with Gasteiger partial charge in [-0.25, -0.2) is 9.38 Å². The van der Waals surface area contributed by atoms with Crippen LogP contribution in [0.1, 0.15) is 5.56 Å². The van der Waals surface area contributed by atoms with Crippen molar-refractivity contribution in [1.29, 1.82) is 0 Å². The van der Waals surface area contributed by atoms with Crippen molar-refractivity contribution in [2.45, 2.75) is 9.24 Å². The fraction of sp³-hybridized carbons (Fsp3) is 0. The summed E-state index contributed by atoms with van der Waals surface area (Å²) in [5.74, 6) is -0.793. The normalized spacial score (nSPS) is 14.7. The van der Waals surface area contributed by atoms with Crippen LogP contribution in [-0.4, -0.2) is 21.8 Å². The van der Waals surface area contributed by atoms with Gasteiger partial charge in [-0.3, -0.25) is 4.79 Å². The van der Waals surface area contributed by atoms with E-state index in [2.05, 4.69) is 20.5 Å². The van der Waals surface area contributed by atoms with Crippen molar-refractivity contribution in [3.05, 3.63) is 59.9 Å². The number of nitrogens with one attached hydrogen (secondary N) is 1. The van der Waals surface area contributed by atoms with Gasteiger partial charge in [0, 0.05) is 10.5 Å². The Balaban J connectivity index is 1.63. The minimum absolute atomic E-state index is 0.150. The number of hydrogen-bond acceptors (Lipinski definition) is 6. The van der Waals surface area contributed by atoms with Crippen molar-refractivity contribution in [3.63, 3.8) is 0 Å². The van der Waals surface area contributed by atoms with Crippen molar-refractivity contribution in [2.75, 3.05) is 5.32 Å². The van der Waals surface area contributed by atoms with Crippen LogP contribution in [0.15, 0.2) is 62.8 Å². The Kier molecular flexibility index (Phi) is 3.83. The molecule has 118 valence electrons. The minimum Gasteiger partial charge on any atom is -0.320 e. The first kappa shape index (κ1) is 15.0. The van der Waals surface area contributed by atoms with Crippen molar-refractivity contribution < 1.29 is 9.18 Å². The Morgan fingerprint density at radius 1 is 1.12 bits per heavy atom. The zero-order chi connectivity index (χ0) is 16.5. The standard InChI is InChI=1S/C16H9FN4OS2/c17-9-6-7-12-11(8-9)13(14(22)18-12)19-15-20-21-16(24-15)23-10-4-2-1-3-5-10/h1-8H,(H,18,19,20,22). The molecule has 0 saturated carbocycles. The molecule has 0 saturated heterocycles. The second kappa shape index (κ2) is 6.14. The predicted molar refractivity (Wildman–Crippen MR) is 91.7 cm³/mol. The van der Waals surface area contributed by atoms with Gasteiger partial charge in [0.1, 0.15) is 11.5 Å². The second-order valence-corrected chi connectivity index (χ2v) is 7.15. The summed E-state index contributed by atoms with van der Waals surface area (Å²) < 4.78 is 14.1. The van der Waals surface area contributed by atoms with Crippen LogP contribution in [0.25, 0.3) is 0 Å². The lowest BCUT2D eigenvalue weighted by atomic mass is 10.1. The highest BCUT2D eigenvalue weighted by Gasteiger charge is 2.27. The maximum absolute atomic E-state index is 13.4. The molecule has 2 heterocycles. The maximum Gasteiger partial charge on any atom is 0.275 e. The Morgan fingerprint density at radius 2 is 1.96 bits per heavy atom. The van der Waals surface area contributed by atoms with Gasteiger partial charge >= 0.3 is 0 Å². The third kappa shape index (κ3) is 2.93. The van der Waals surface area contributed by atoms with Crippen molar-refractivity contribution in [1.82, 2.24) is 10.2 Å². The largest absolute Gasteiger partial charge is 0.320 e. The number of nitrogens with zero attached hydrogens (tertiary/aromatic N) is 3. The van der Waals surface area contributed by atoms with E-state index in [1.807, 2.05) is 30.3 Å². The highest BCUT2D eigenvalue weighted by molar-refractivity contribution is 8.01. The number of halogens is 1. The van der Waals surface area contributed by atoms with Crippen LogP contribution in [0.4, 0.5) is 15.2 Å². The molecule has 0 fully saturated rings. The van der Waals surface area contributed by atoms with Crippen LogP contribution in [0, 0.1) is 5.82 Å². The van der Waals surface area contributed by atoms with Gasteiger partial charge in [0.05, 0.1) is 5.69 Å². The summed E-state index contributed by atoms with van der Waals surface area (Å²) in [7, 11) is 0. The summed E-state index contributed by atoms with van der Waals surface area (Å²) in [6.07, 6.45) is 0. The van der Waals surface area contributed by atoms with E-state index in [1.54, 1.807) is 0 Å². The fourth-order valence-electron chi connectivity index (χ4n) is 2.21. The van der Waals surface area contributed by atoms with E-state index in [9.17, 15) is 9.18 Å². The molecule has 1 N–H and O–H groups in total. The molecule has 5 nitrogen and oxygen atoms in total. The van der Waals surface area contributed by atoms with E-state index >= 15 is 0 Å². The number of fused-ring (bicyclic) bond motifs is 1. The van der Waals surface area contributed by atoms with Crippen LogP contribution in [-0.2, 0) is 4.79 Å². The molecule has 24 heavy (non-hydrogen) atoms. The lowest BCUT2D eigenvalue weighted by Gasteiger charge is -1.96. The number of rotatable bonds is 3. The minimum atomic E-state index is -0.421. The van der Waals surface area contributed by atoms with Crippen LogP contribution in [0.5, 0.6) is 0 Å². The van der Waals surface area contributed by atoms with Crippen LogP contribution in [0.3, 0.4) is 0 Å². The second-order valence-electron chi connectivity index (χ2n) is 4.87. The highest BCUT2D eigenvalue weighted by Crippen LogP contribution is 2.34. The van der Waals surface area contributed by atoms with Gasteiger partial charge in [-0.15, -0.1) is 10.2 Å². The molecule has 2 aromatic carbocycles. The zero-order valence-electron chi connectivity index (χ0n) is 12.1. The van der Waals surface area contributed by atoms with Crippen LogP contribution < -0.4 is 5.32 Å². The van der Waals surface area contributed by atoms with Crippen LogP contribution in [0.2, 0.25) is 0 Å². The first-order chi connectivity index (χ1) is 11.7. The SMILES string of the molecule is O=C1Nc2ccc(F)cc2/C1=N/c1nnc(Sc2ccccc2)s1. The molecule has 0 bridgehead atoms. The summed E-state index contributed by atoms with van der Waals surface area (Å²) in [5.41, 5.74) is 1.13. The Bertz CT molecular complexity index is 956. The van der Waals surface area contributed by atoms with E-state index in [-0.39, 0.29) is 11.6 Å². The first-order valence-electron chi connectivity index (χ1n) is 6.95. The third-order valence-electron chi connectivity index (χ3n) is 3.25. The smallest absolute Gasteiger partial charge is 0.275 e. The van der Waals surface area contributed by atoms with Crippen molar-refractivity contribution in [2.24, 2.45) is 4.99 Å². The number of amides is 1. The topological polar surface area (TPSA) is 67.2 Å². The van der Waals surface area contributed by atoms with Gasteiger partial charge in [-0.05, 0) is 30.3 Å². The van der Waals surface area contributed by atoms with Crippen molar-refractivity contribution in [3.8, 4) is 0 Å². The van der Waals surface area contributed by atoms with Gasteiger partial charge in [0.2, 0.25) is 5.13 Å². The van der Waals surface area contributed by atoms with Gasteiger partial charge in [0.15, 0.2) is 4.34 Å². The molecule has 1 amide bonds. The molecule has 8 heteroatoms. The average Bonchev–Trinajstić information content (AvgIpc) is 3.14. The van der Waals surface area contributed by atoms with Crippen molar-refractivity contribution >= 4 is 45.5 Å².